The highest BCUT2D eigenvalue weighted by molar-refractivity contribution is 7.99. The first-order chi connectivity index (χ1) is 7.24. The maximum atomic E-state index is 11.0. The standard InChI is InChI=1S/C11H15NO2S/c1-15-10-6-2-4-8(10)12-7-3-5-9(12)11(13)14/h3,5,7-8,10H,2,4,6H2,1H3,(H,13,14). The summed E-state index contributed by atoms with van der Waals surface area (Å²) in [6.45, 7) is 0. The zero-order valence-electron chi connectivity index (χ0n) is 8.72. The molecule has 0 amide bonds. The second-order valence-corrected chi connectivity index (χ2v) is 4.96. The van der Waals surface area contributed by atoms with Crippen molar-refractivity contribution in [1.82, 2.24) is 4.57 Å². The van der Waals surface area contributed by atoms with E-state index in [4.69, 9.17) is 5.11 Å². The SMILES string of the molecule is CSC1CCCC1n1cccc1C(=O)O. The van der Waals surface area contributed by atoms with Gasteiger partial charge in [-0.3, -0.25) is 0 Å². The van der Waals surface area contributed by atoms with Gasteiger partial charge in [0.05, 0.1) is 0 Å². The highest BCUT2D eigenvalue weighted by Gasteiger charge is 2.29. The van der Waals surface area contributed by atoms with Gasteiger partial charge in [-0.1, -0.05) is 6.42 Å². The summed E-state index contributed by atoms with van der Waals surface area (Å²) in [6.07, 6.45) is 7.49. The third kappa shape index (κ3) is 1.91. The largest absolute Gasteiger partial charge is 0.477 e. The van der Waals surface area contributed by atoms with Gasteiger partial charge in [0, 0.05) is 17.5 Å². The van der Waals surface area contributed by atoms with E-state index in [1.54, 1.807) is 6.07 Å². The van der Waals surface area contributed by atoms with E-state index >= 15 is 0 Å². The zero-order valence-corrected chi connectivity index (χ0v) is 9.54. The van der Waals surface area contributed by atoms with Gasteiger partial charge in [0.1, 0.15) is 5.69 Å². The van der Waals surface area contributed by atoms with Crippen molar-refractivity contribution in [2.75, 3.05) is 6.26 Å². The summed E-state index contributed by atoms with van der Waals surface area (Å²) in [5.41, 5.74) is 0.418. The summed E-state index contributed by atoms with van der Waals surface area (Å²) >= 11 is 1.85. The van der Waals surface area contributed by atoms with E-state index in [1.165, 1.54) is 12.8 Å². The van der Waals surface area contributed by atoms with Gasteiger partial charge in [0.2, 0.25) is 0 Å². The molecule has 0 aliphatic heterocycles. The molecule has 3 nitrogen and oxygen atoms in total. The molecule has 2 unspecified atom stereocenters. The van der Waals surface area contributed by atoms with Gasteiger partial charge < -0.3 is 9.67 Å². The lowest BCUT2D eigenvalue weighted by atomic mass is 10.2. The lowest BCUT2D eigenvalue weighted by Crippen LogP contribution is -2.19. The Balaban J connectivity index is 2.28. The average molecular weight is 225 g/mol. The lowest BCUT2D eigenvalue weighted by Gasteiger charge is -2.21. The van der Waals surface area contributed by atoms with Crippen LogP contribution in [0.5, 0.6) is 0 Å². The van der Waals surface area contributed by atoms with E-state index in [0.29, 0.717) is 17.0 Å². The molecule has 2 atom stereocenters. The maximum Gasteiger partial charge on any atom is 0.352 e. The molecule has 0 saturated heterocycles. The van der Waals surface area contributed by atoms with Crippen LogP contribution in [-0.2, 0) is 0 Å². The van der Waals surface area contributed by atoms with Crippen molar-refractivity contribution in [3.63, 3.8) is 0 Å². The van der Waals surface area contributed by atoms with Gasteiger partial charge in [-0.25, -0.2) is 4.79 Å². The smallest absolute Gasteiger partial charge is 0.352 e. The topological polar surface area (TPSA) is 42.2 Å². The first-order valence-corrected chi connectivity index (χ1v) is 6.45. The average Bonchev–Trinajstić information content (AvgIpc) is 2.85. The molecule has 1 fully saturated rings. The predicted molar refractivity (Wildman–Crippen MR) is 61.6 cm³/mol. The van der Waals surface area contributed by atoms with Gasteiger partial charge in [0.25, 0.3) is 0 Å². The summed E-state index contributed by atoms with van der Waals surface area (Å²) in [5.74, 6) is -0.827. The van der Waals surface area contributed by atoms with Crippen molar-refractivity contribution >= 4 is 17.7 Å². The molecular weight excluding hydrogens is 210 g/mol. The third-order valence-corrected chi connectivity index (χ3v) is 4.23. The van der Waals surface area contributed by atoms with Gasteiger partial charge in [-0.05, 0) is 31.2 Å². The molecule has 0 spiro atoms. The predicted octanol–water partition coefficient (Wildman–Crippen LogP) is 2.64. The molecule has 0 bridgehead atoms. The maximum absolute atomic E-state index is 11.0. The molecule has 1 aromatic rings. The van der Waals surface area contributed by atoms with Crippen molar-refractivity contribution in [3.8, 4) is 0 Å². The molecule has 1 aliphatic rings. The van der Waals surface area contributed by atoms with E-state index in [9.17, 15) is 4.79 Å². The molecule has 1 heterocycles. The highest BCUT2D eigenvalue weighted by Crippen LogP contribution is 2.38. The van der Waals surface area contributed by atoms with E-state index in [0.717, 1.165) is 6.42 Å². The molecule has 1 N–H and O–H groups in total. The quantitative estimate of drug-likeness (QED) is 0.860. The molecule has 15 heavy (non-hydrogen) atoms. The van der Waals surface area contributed by atoms with Crippen LogP contribution in [0, 0.1) is 0 Å². The van der Waals surface area contributed by atoms with Gasteiger partial charge in [-0.2, -0.15) is 11.8 Å². The van der Waals surface area contributed by atoms with Crippen LogP contribution in [0.15, 0.2) is 18.3 Å². The Morgan fingerprint density at radius 2 is 2.40 bits per heavy atom. The van der Waals surface area contributed by atoms with E-state index in [2.05, 4.69) is 6.26 Å². The molecule has 0 radical (unpaired) electrons. The zero-order chi connectivity index (χ0) is 10.8. The molecule has 4 heteroatoms. The summed E-state index contributed by atoms with van der Waals surface area (Å²) in [6, 6.07) is 3.86. The number of hydrogen-bond acceptors (Lipinski definition) is 2. The van der Waals surface area contributed by atoms with Crippen molar-refractivity contribution in [2.24, 2.45) is 0 Å². The number of aromatic nitrogens is 1. The fourth-order valence-corrected chi connectivity index (χ4v) is 3.35. The second kappa shape index (κ2) is 4.31. The Hall–Kier alpha value is -0.900. The Morgan fingerprint density at radius 3 is 3.07 bits per heavy atom. The minimum atomic E-state index is -0.827. The molecule has 2 rings (SSSR count). The lowest BCUT2D eigenvalue weighted by molar-refractivity contribution is 0.0683. The monoisotopic (exact) mass is 225 g/mol. The fraction of sp³-hybridized carbons (Fsp3) is 0.545. The number of hydrogen-bond donors (Lipinski definition) is 1. The first-order valence-electron chi connectivity index (χ1n) is 5.17. The van der Waals surface area contributed by atoms with Crippen LogP contribution in [0.3, 0.4) is 0 Å². The molecule has 82 valence electrons. The van der Waals surface area contributed by atoms with E-state index < -0.39 is 5.97 Å². The fourth-order valence-electron chi connectivity index (χ4n) is 2.36. The number of aromatic carboxylic acids is 1. The van der Waals surface area contributed by atoms with E-state index in [-0.39, 0.29) is 0 Å². The first kappa shape index (κ1) is 10.6. The summed E-state index contributed by atoms with van der Waals surface area (Å²) < 4.78 is 1.93. The van der Waals surface area contributed by atoms with Crippen LogP contribution >= 0.6 is 11.8 Å². The van der Waals surface area contributed by atoms with Gasteiger partial charge >= 0.3 is 5.97 Å². The van der Waals surface area contributed by atoms with Crippen LogP contribution < -0.4 is 0 Å². The molecule has 1 aromatic heterocycles. The van der Waals surface area contributed by atoms with E-state index in [1.807, 2.05) is 28.6 Å². The highest BCUT2D eigenvalue weighted by atomic mass is 32.2. The molecule has 1 aliphatic carbocycles. The second-order valence-electron chi connectivity index (χ2n) is 3.88. The van der Waals surface area contributed by atoms with Crippen molar-refractivity contribution in [3.05, 3.63) is 24.0 Å². The number of carboxylic acids is 1. The number of carboxylic acid groups (broad SMARTS) is 1. The Morgan fingerprint density at radius 1 is 1.60 bits per heavy atom. The summed E-state index contributed by atoms with van der Waals surface area (Å²) in [7, 11) is 0. The van der Waals surface area contributed by atoms with Crippen molar-refractivity contribution in [2.45, 2.75) is 30.6 Å². The number of carbonyl (C=O) groups is 1. The molecule has 0 aromatic carbocycles. The minimum Gasteiger partial charge on any atom is -0.477 e. The normalized spacial score (nSPS) is 25.7. The number of rotatable bonds is 3. The number of thioether (sulfide) groups is 1. The van der Waals surface area contributed by atoms with Gasteiger partial charge in [0.15, 0.2) is 0 Å². The summed E-state index contributed by atoms with van der Waals surface area (Å²) in [4.78, 5) is 11.0. The van der Waals surface area contributed by atoms with Crippen LogP contribution in [0.1, 0.15) is 35.8 Å². The minimum absolute atomic E-state index is 0.362. The van der Waals surface area contributed by atoms with Crippen LogP contribution in [0.25, 0.3) is 0 Å². The third-order valence-electron chi connectivity index (χ3n) is 3.08. The number of nitrogens with zero attached hydrogens (tertiary/aromatic N) is 1. The van der Waals surface area contributed by atoms with Crippen LogP contribution in [0.2, 0.25) is 0 Å². The Bertz CT molecular complexity index is 361. The summed E-state index contributed by atoms with van der Waals surface area (Å²) in [5, 5.41) is 9.61. The van der Waals surface area contributed by atoms with Crippen molar-refractivity contribution in [1.29, 1.82) is 0 Å². The Kier molecular flexibility index (Phi) is 3.05. The molecule has 1 saturated carbocycles. The van der Waals surface area contributed by atoms with Crippen LogP contribution in [0.4, 0.5) is 0 Å². The molecular formula is C11H15NO2S. The van der Waals surface area contributed by atoms with Crippen LogP contribution in [-0.4, -0.2) is 27.1 Å². The van der Waals surface area contributed by atoms with Crippen molar-refractivity contribution < 1.29 is 9.90 Å². The Labute approximate surface area is 93.5 Å². The van der Waals surface area contributed by atoms with Gasteiger partial charge in [-0.15, -0.1) is 0 Å².